The van der Waals surface area contributed by atoms with Gasteiger partial charge in [0.05, 0.1) is 15.6 Å². The molecule has 0 aliphatic carbocycles. The van der Waals surface area contributed by atoms with E-state index < -0.39 is 0 Å². The van der Waals surface area contributed by atoms with Crippen molar-refractivity contribution in [2.45, 2.75) is 6.92 Å². The highest BCUT2D eigenvalue weighted by Gasteiger charge is 2.24. The fourth-order valence-corrected chi connectivity index (χ4v) is 3.84. The molecular weight excluding hydrogens is 415 g/mol. The highest BCUT2D eigenvalue weighted by atomic mass is 35.5. The Hall–Kier alpha value is -2.47. The number of thioether (sulfide) groups is 1. The number of nitrogens with zero attached hydrogens (tertiary/aromatic N) is 1. The number of carbonyl (C=O) groups is 1. The van der Waals surface area contributed by atoms with Crippen LogP contribution >= 0.6 is 35.0 Å². The van der Waals surface area contributed by atoms with Crippen molar-refractivity contribution in [2.24, 2.45) is 4.99 Å². The van der Waals surface area contributed by atoms with Crippen molar-refractivity contribution in [3.63, 3.8) is 0 Å². The monoisotopic (exact) mass is 428 g/mol. The van der Waals surface area contributed by atoms with Gasteiger partial charge in [-0.25, -0.2) is 4.99 Å². The number of aliphatic imine (C=N–C) groups is 1. The maximum atomic E-state index is 12.3. The fraction of sp³-hybridized carbons (Fsp3) is 0.0476. The molecule has 1 aliphatic heterocycles. The van der Waals surface area contributed by atoms with E-state index >= 15 is 0 Å². The lowest BCUT2D eigenvalue weighted by Crippen LogP contribution is -2.19. The number of benzene rings is 2. The van der Waals surface area contributed by atoms with Crippen LogP contribution in [0.5, 0.6) is 0 Å². The van der Waals surface area contributed by atoms with Crippen LogP contribution in [0.1, 0.15) is 11.3 Å². The molecule has 0 atom stereocenters. The fourth-order valence-electron chi connectivity index (χ4n) is 2.61. The molecule has 140 valence electrons. The molecule has 1 N–H and O–H groups in total. The Labute approximate surface area is 176 Å². The first-order valence-corrected chi connectivity index (χ1v) is 9.97. The van der Waals surface area contributed by atoms with Gasteiger partial charge in [-0.2, -0.15) is 0 Å². The standard InChI is InChI=1S/C21H14Cl2N2O2S/c1-12-6-7-13(10-17(12)23)24-21-25-20(26)19(28-21)11-14-8-9-18(27-14)15-4-2-3-5-16(15)22/h2-11H,1H3,(H,24,25,26)/b19-11-. The average Bonchev–Trinajstić information content (AvgIpc) is 3.26. The van der Waals surface area contributed by atoms with Gasteiger partial charge in [0.25, 0.3) is 5.91 Å². The largest absolute Gasteiger partial charge is 0.457 e. The third-order valence-corrected chi connectivity index (χ3v) is 5.72. The van der Waals surface area contributed by atoms with E-state index in [4.69, 9.17) is 27.6 Å². The van der Waals surface area contributed by atoms with Gasteiger partial charge in [-0.05, 0) is 60.6 Å². The third-order valence-electron chi connectivity index (χ3n) is 4.08. The number of aryl methyl sites for hydroxylation is 1. The maximum Gasteiger partial charge on any atom is 0.264 e. The molecule has 2 aromatic carbocycles. The van der Waals surface area contributed by atoms with Gasteiger partial charge in [0.1, 0.15) is 11.5 Å². The summed E-state index contributed by atoms with van der Waals surface area (Å²) in [4.78, 5) is 17.2. The van der Waals surface area contributed by atoms with Gasteiger partial charge >= 0.3 is 0 Å². The summed E-state index contributed by atoms with van der Waals surface area (Å²) in [6.45, 7) is 1.92. The Morgan fingerprint density at radius 1 is 1.07 bits per heavy atom. The SMILES string of the molecule is Cc1ccc(N=C2NC(=O)/C(=C/c3ccc(-c4ccccc4Cl)o3)S2)cc1Cl. The molecule has 1 aromatic heterocycles. The second-order valence-electron chi connectivity index (χ2n) is 6.10. The number of furan rings is 1. The van der Waals surface area contributed by atoms with Gasteiger partial charge in [-0.1, -0.05) is 41.4 Å². The number of hydrogen-bond donors (Lipinski definition) is 1. The van der Waals surface area contributed by atoms with Crippen molar-refractivity contribution in [1.82, 2.24) is 5.32 Å². The van der Waals surface area contributed by atoms with E-state index in [1.807, 2.05) is 43.3 Å². The minimum absolute atomic E-state index is 0.224. The molecule has 0 spiro atoms. The van der Waals surface area contributed by atoms with Gasteiger partial charge in [-0.3, -0.25) is 4.79 Å². The third kappa shape index (κ3) is 4.02. The predicted octanol–water partition coefficient (Wildman–Crippen LogP) is 6.45. The van der Waals surface area contributed by atoms with E-state index in [2.05, 4.69) is 10.3 Å². The summed E-state index contributed by atoms with van der Waals surface area (Å²) in [6.07, 6.45) is 1.69. The smallest absolute Gasteiger partial charge is 0.264 e. The van der Waals surface area contributed by atoms with E-state index in [0.717, 1.165) is 11.1 Å². The lowest BCUT2D eigenvalue weighted by atomic mass is 10.2. The van der Waals surface area contributed by atoms with Crippen LogP contribution in [0.2, 0.25) is 10.0 Å². The van der Waals surface area contributed by atoms with Crippen LogP contribution in [-0.4, -0.2) is 11.1 Å². The number of rotatable bonds is 3. The molecule has 4 rings (SSSR count). The zero-order valence-corrected chi connectivity index (χ0v) is 17.0. The van der Waals surface area contributed by atoms with Crippen molar-refractivity contribution in [2.75, 3.05) is 0 Å². The van der Waals surface area contributed by atoms with Gasteiger partial charge in [-0.15, -0.1) is 0 Å². The zero-order valence-electron chi connectivity index (χ0n) is 14.7. The molecule has 7 heteroatoms. The normalized spacial score (nSPS) is 16.8. The molecule has 1 fully saturated rings. The minimum atomic E-state index is -0.224. The Kier molecular flexibility index (Phi) is 5.31. The summed E-state index contributed by atoms with van der Waals surface area (Å²) in [5.74, 6) is 0.980. The van der Waals surface area contributed by atoms with Crippen molar-refractivity contribution in [3.05, 3.63) is 80.9 Å². The van der Waals surface area contributed by atoms with Crippen LogP contribution in [0.4, 0.5) is 5.69 Å². The molecular formula is C21H14Cl2N2O2S. The zero-order chi connectivity index (χ0) is 19.7. The summed E-state index contributed by atoms with van der Waals surface area (Å²) in [6, 6.07) is 16.6. The van der Waals surface area contributed by atoms with Gasteiger partial charge < -0.3 is 9.73 Å². The van der Waals surface area contributed by atoms with Crippen LogP contribution in [-0.2, 0) is 4.79 Å². The van der Waals surface area contributed by atoms with Gasteiger partial charge in [0, 0.05) is 16.7 Å². The number of amides is 1. The molecule has 0 bridgehead atoms. The molecule has 4 nitrogen and oxygen atoms in total. The quantitative estimate of drug-likeness (QED) is 0.487. The van der Waals surface area contributed by atoms with E-state index in [1.165, 1.54) is 11.8 Å². The summed E-state index contributed by atoms with van der Waals surface area (Å²) < 4.78 is 5.83. The van der Waals surface area contributed by atoms with E-state index in [1.54, 1.807) is 24.3 Å². The van der Waals surface area contributed by atoms with Crippen molar-refractivity contribution in [3.8, 4) is 11.3 Å². The lowest BCUT2D eigenvalue weighted by molar-refractivity contribution is -0.115. The minimum Gasteiger partial charge on any atom is -0.457 e. The molecule has 0 radical (unpaired) electrons. The second-order valence-corrected chi connectivity index (χ2v) is 7.94. The molecule has 0 unspecified atom stereocenters. The number of amidine groups is 1. The Bertz CT molecular complexity index is 1130. The number of halogens is 2. The number of hydrogen-bond acceptors (Lipinski definition) is 4. The van der Waals surface area contributed by atoms with Crippen molar-refractivity contribution >= 4 is 57.8 Å². The first-order valence-electron chi connectivity index (χ1n) is 8.40. The van der Waals surface area contributed by atoms with Crippen LogP contribution in [0.15, 0.2) is 68.9 Å². The van der Waals surface area contributed by atoms with Crippen LogP contribution < -0.4 is 5.32 Å². The van der Waals surface area contributed by atoms with Crippen LogP contribution in [0, 0.1) is 6.92 Å². The summed E-state index contributed by atoms with van der Waals surface area (Å²) >= 11 is 13.6. The number of nitrogens with one attached hydrogen (secondary N) is 1. The second kappa shape index (κ2) is 7.87. The van der Waals surface area contributed by atoms with E-state index in [-0.39, 0.29) is 5.91 Å². The average molecular weight is 429 g/mol. The Morgan fingerprint density at radius 2 is 1.89 bits per heavy atom. The Morgan fingerprint density at radius 3 is 2.68 bits per heavy atom. The molecule has 28 heavy (non-hydrogen) atoms. The molecule has 1 aliphatic rings. The topological polar surface area (TPSA) is 54.6 Å². The van der Waals surface area contributed by atoms with Crippen molar-refractivity contribution in [1.29, 1.82) is 0 Å². The molecule has 0 saturated carbocycles. The first-order chi connectivity index (χ1) is 13.5. The van der Waals surface area contributed by atoms with Gasteiger partial charge in [0.2, 0.25) is 0 Å². The molecule has 1 saturated heterocycles. The lowest BCUT2D eigenvalue weighted by Gasteiger charge is -2.00. The highest BCUT2D eigenvalue weighted by molar-refractivity contribution is 8.18. The van der Waals surface area contributed by atoms with Gasteiger partial charge in [0.15, 0.2) is 5.17 Å². The predicted molar refractivity (Wildman–Crippen MR) is 116 cm³/mol. The van der Waals surface area contributed by atoms with E-state index in [0.29, 0.717) is 37.3 Å². The van der Waals surface area contributed by atoms with Crippen LogP contribution in [0.25, 0.3) is 17.4 Å². The number of carbonyl (C=O) groups excluding carboxylic acids is 1. The van der Waals surface area contributed by atoms with E-state index in [9.17, 15) is 4.79 Å². The highest BCUT2D eigenvalue weighted by Crippen LogP contribution is 2.32. The summed E-state index contributed by atoms with van der Waals surface area (Å²) in [5.41, 5.74) is 2.45. The maximum absolute atomic E-state index is 12.3. The Balaban J connectivity index is 1.56. The first kappa shape index (κ1) is 18.9. The molecule has 1 amide bonds. The summed E-state index contributed by atoms with van der Waals surface area (Å²) in [5, 5.41) is 4.49. The molecule has 3 aromatic rings. The summed E-state index contributed by atoms with van der Waals surface area (Å²) in [7, 11) is 0. The van der Waals surface area contributed by atoms with Crippen LogP contribution in [0.3, 0.4) is 0 Å². The van der Waals surface area contributed by atoms with Crippen molar-refractivity contribution < 1.29 is 9.21 Å². The molecule has 2 heterocycles.